The van der Waals surface area contributed by atoms with E-state index in [1.165, 1.54) is 12.8 Å². The summed E-state index contributed by atoms with van der Waals surface area (Å²) in [4.78, 5) is 6.92. The van der Waals surface area contributed by atoms with Crippen LogP contribution in [-0.2, 0) is 6.54 Å². The van der Waals surface area contributed by atoms with Crippen molar-refractivity contribution in [3.8, 4) is 0 Å². The van der Waals surface area contributed by atoms with Crippen molar-refractivity contribution in [1.82, 2.24) is 10.3 Å². The van der Waals surface area contributed by atoms with Gasteiger partial charge in [0.25, 0.3) is 0 Å². The highest BCUT2D eigenvalue weighted by atomic mass is 15.2. The molecule has 1 N–H and O–H groups in total. The largest absolute Gasteiger partial charge is 0.357 e. The van der Waals surface area contributed by atoms with Crippen LogP contribution >= 0.6 is 0 Å². The second kappa shape index (κ2) is 4.62. The van der Waals surface area contributed by atoms with Gasteiger partial charge in [0.2, 0.25) is 0 Å². The molecule has 1 heterocycles. The van der Waals surface area contributed by atoms with Crippen LogP contribution in [0.3, 0.4) is 0 Å². The summed E-state index contributed by atoms with van der Waals surface area (Å²) in [5.74, 6) is 1.10. The summed E-state index contributed by atoms with van der Waals surface area (Å²) in [5, 5.41) is 3.29. The van der Waals surface area contributed by atoms with Crippen molar-refractivity contribution < 1.29 is 0 Å². The number of hydrogen-bond acceptors (Lipinski definition) is 3. The van der Waals surface area contributed by atoms with E-state index < -0.39 is 0 Å². The first-order valence-electron chi connectivity index (χ1n) is 5.70. The van der Waals surface area contributed by atoms with Crippen LogP contribution in [0.2, 0.25) is 0 Å². The van der Waals surface area contributed by atoms with Crippen LogP contribution in [0.4, 0.5) is 5.82 Å². The Morgan fingerprint density at radius 2 is 2.27 bits per heavy atom. The lowest BCUT2D eigenvalue weighted by molar-refractivity contribution is 0.708. The van der Waals surface area contributed by atoms with Crippen LogP contribution in [0.5, 0.6) is 0 Å². The van der Waals surface area contributed by atoms with Gasteiger partial charge in [-0.05, 0) is 31.5 Å². The molecule has 0 spiro atoms. The zero-order valence-corrected chi connectivity index (χ0v) is 9.53. The quantitative estimate of drug-likeness (QED) is 0.794. The molecule has 0 saturated heterocycles. The van der Waals surface area contributed by atoms with Gasteiger partial charge in [-0.1, -0.05) is 13.0 Å². The molecule has 2 rings (SSSR count). The highest BCUT2D eigenvalue weighted by molar-refractivity contribution is 5.41. The molecule has 3 heteroatoms. The third kappa shape index (κ3) is 2.69. The summed E-state index contributed by atoms with van der Waals surface area (Å²) >= 11 is 0. The first kappa shape index (κ1) is 10.4. The molecule has 3 nitrogen and oxygen atoms in total. The molecule has 1 aromatic heterocycles. The summed E-state index contributed by atoms with van der Waals surface area (Å²) in [6.07, 6.45) is 2.63. The number of nitrogens with one attached hydrogen (secondary N) is 1. The van der Waals surface area contributed by atoms with Crippen molar-refractivity contribution in [3.05, 3.63) is 23.9 Å². The van der Waals surface area contributed by atoms with E-state index in [-0.39, 0.29) is 0 Å². The fourth-order valence-corrected chi connectivity index (χ4v) is 1.66. The lowest BCUT2D eigenvalue weighted by Crippen LogP contribution is -2.21. The number of pyridine rings is 1. The van der Waals surface area contributed by atoms with Gasteiger partial charge in [0, 0.05) is 19.6 Å². The first-order chi connectivity index (χ1) is 7.31. The van der Waals surface area contributed by atoms with Gasteiger partial charge in [-0.15, -0.1) is 0 Å². The molecule has 0 radical (unpaired) electrons. The summed E-state index contributed by atoms with van der Waals surface area (Å²) in [7, 11) is 2.14. The number of aromatic nitrogens is 1. The highest BCUT2D eigenvalue weighted by Gasteiger charge is 2.26. The molecule has 0 amide bonds. The lowest BCUT2D eigenvalue weighted by atomic mass is 10.3. The number of anilines is 1. The highest BCUT2D eigenvalue weighted by Crippen LogP contribution is 2.28. The van der Waals surface area contributed by atoms with E-state index in [2.05, 4.69) is 47.4 Å². The minimum atomic E-state index is 0.729. The van der Waals surface area contributed by atoms with Crippen molar-refractivity contribution >= 4 is 5.82 Å². The fraction of sp³-hybridized carbons (Fsp3) is 0.583. The van der Waals surface area contributed by atoms with Crippen molar-refractivity contribution in [1.29, 1.82) is 0 Å². The Balaban J connectivity index is 2.04. The average molecular weight is 205 g/mol. The second-order valence-corrected chi connectivity index (χ2v) is 4.11. The fourth-order valence-electron chi connectivity index (χ4n) is 1.66. The SMILES string of the molecule is CCNCc1cccc(N(C)C2CC2)n1. The topological polar surface area (TPSA) is 28.2 Å². The van der Waals surface area contributed by atoms with Gasteiger partial charge in [0.1, 0.15) is 5.82 Å². The minimum Gasteiger partial charge on any atom is -0.357 e. The molecule has 0 aromatic carbocycles. The van der Waals surface area contributed by atoms with E-state index in [0.29, 0.717) is 0 Å². The Labute approximate surface area is 91.5 Å². The molecule has 0 aliphatic heterocycles. The van der Waals surface area contributed by atoms with Crippen LogP contribution in [0.15, 0.2) is 18.2 Å². The maximum absolute atomic E-state index is 4.63. The van der Waals surface area contributed by atoms with Crippen molar-refractivity contribution in [3.63, 3.8) is 0 Å². The Kier molecular flexibility index (Phi) is 3.21. The van der Waals surface area contributed by atoms with Gasteiger partial charge in [-0.2, -0.15) is 0 Å². The van der Waals surface area contributed by atoms with Crippen molar-refractivity contribution in [2.75, 3.05) is 18.5 Å². The second-order valence-electron chi connectivity index (χ2n) is 4.11. The molecule has 1 fully saturated rings. The van der Waals surface area contributed by atoms with E-state index in [9.17, 15) is 0 Å². The van der Waals surface area contributed by atoms with Gasteiger partial charge >= 0.3 is 0 Å². The molecule has 1 aliphatic carbocycles. The molecule has 0 bridgehead atoms. The Morgan fingerprint density at radius 1 is 1.47 bits per heavy atom. The van der Waals surface area contributed by atoms with Crippen molar-refractivity contribution in [2.24, 2.45) is 0 Å². The average Bonchev–Trinajstić information content (AvgIpc) is 3.09. The van der Waals surface area contributed by atoms with Crippen LogP contribution in [-0.4, -0.2) is 24.6 Å². The summed E-state index contributed by atoms with van der Waals surface area (Å²) in [5.41, 5.74) is 1.13. The van der Waals surface area contributed by atoms with Gasteiger partial charge in [-0.25, -0.2) is 4.98 Å². The van der Waals surface area contributed by atoms with Gasteiger partial charge in [0.15, 0.2) is 0 Å². The minimum absolute atomic E-state index is 0.729. The summed E-state index contributed by atoms with van der Waals surface area (Å²) in [6.45, 7) is 3.97. The molecular weight excluding hydrogens is 186 g/mol. The zero-order valence-electron chi connectivity index (χ0n) is 9.53. The Hall–Kier alpha value is -1.09. The molecular formula is C12H19N3. The molecule has 0 unspecified atom stereocenters. The zero-order chi connectivity index (χ0) is 10.7. The maximum Gasteiger partial charge on any atom is 0.128 e. The Bertz CT molecular complexity index is 320. The van der Waals surface area contributed by atoms with Crippen LogP contribution in [0, 0.1) is 0 Å². The van der Waals surface area contributed by atoms with E-state index in [0.717, 1.165) is 30.6 Å². The van der Waals surface area contributed by atoms with Gasteiger partial charge < -0.3 is 10.2 Å². The molecule has 1 saturated carbocycles. The van der Waals surface area contributed by atoms with E-state index in [1.807, 2.05) is 0 Å². The monoisotopic (exact) mass is 205 g/mol. The number of hydrogen-bond donors (Lipinski definition) is 1. The van der Waals surface area contributed by atoms with Gasteiger partial charge in [0.05, 0.1) is 5.69 Å². The smallest absolute Gasteiger partial charge is 0.128 e. The molecule has 1 aromatic rings. The van der Waals surface area contributed by atoms with E-state index >= 15 is 0 Å². The van der Waals surface area contributed by atoms with Crippen LogP contribution < -0.4 is 10.2 Å². The normalized spacial score (nSPS) is 15.3. The third-order valence-electron chi connectivity index (χ3n) is 2.80. The Morgan fingerprint density at radius 3 is 2.93 bits per heavy atom. The number of rotatable bonds is 5. The van der Waals surface area contributed by atoms with Crippen molar-refractivity contribution in [2.45, 2.75) is 32.4 Å². The first-order valence-corrected chi connectivity index (χ1v) is 5.70. The lowest BCUT2D eigenvalue weighted by Gasteiger charge is -2.17. The molecule has 15 heavy (non-hydrogen) atoms. The summed E-state index contributed by atoms with van der Waals surface area (Å²) < 4.78 is 0. The summed E-state index contributed by atoms with van der Waals surface area (Å²) in [6, 6.07) is 6.99. The molecule has 0 atom stereocenters. The predicted molar refractivity (Wildman–Crippen MR) is 63.0 cm³/mol. The molecule has 1 aliphatic rings. The predicted octanol–water partition coefficient (Wildman–Crippen LogP) is 1.79. The third-order valence-corrected chi connectivity index (χ3v) is 2.80. The number of nitrogens with zero attached hydrogens (tertiary/aromatic N) is 2. The van der Waals surface area contributed by atoms with E-state index in [1.54, 1.807) is 0 Å². The van der Waals surface area contributed by atoms with Gasteiger partial charge in [-0.3, -0.25) is 0 Å². The van der Waals surface area contributed by atoms with E-state index in [4.69, 9.17) is 0 Å². The van der Waals surface area contributed by atoms with Crippen LogP contribution in [0.1, 0.15) is 25.5 Å². The van der Waals surface area contributed by atoms with Crippen LogP contribution in [0.25, 0.3) is 0 Å². The molecule has 82 valence electrons. The maximum atomic E-state index is 4.63. The standard InChI is InChI=1S/C12H19N3/c1-3-13-9-10-5-4-6-12(14-10)15(2)11-7-8-11/h4-6,11,13H,3,7-9H2,1-2H3.